The van der Waals surface area contributed by atoms with E-state index in [-0.39, 0.29) is 23.5 Å². The van der Waals surface area contributed by atoms with E-state index in [0.29, 0.717) is 24.5 Å². The molecule has 4 aromatic rings. The van der Waals surface area contributed by atoms with Crippen LogP contribution >= 0.6 is 0 Å². The van der Waals surface area contributed by atoms with Crippen molar-refractivity contribution in [1.29, 1.82) is 0 Å². The number of rotatable bonds is 8. The summed E-state index contributed by atoms with van der Waals surface area (Å²) < 4.78 is 35.9. The first-order chi connectivity index (χ1) is 16.4. The second-order valence-corrected chi connectivity index (χ2v) is 9.99. The number of benzene rings is 1. The SMILES string of the molecule is Cc1ccc(S(=O)(=O)OC[C@H]2C[C@H](Oc3cc(Nc4ccc5ncccc5n4)ccn3)C2)cc1. The van der Waals surface area contributed by atoms with Crippen LogP contribution in [-0.2, 0) is 14.3 Å². The lowest BCUT2D eigenvalue weighted by Crippen LogP contribution is -2.37. The molecule has 174 valence electrons. The van der Waals surface area contributed by atoms with Crippen LogP contribution in [0.1, 0.15) is 18.4 Å². The minimum absolute atomic E-state index is 0.0247. The molecule has 1 fully saturated rings. The molecule has 3 heterocycles. The molecule has 1 aliphatic rings. The first-order valence-electron chi connectivity index (χ1n) is 11.0. The minimum Gasteiger partial charge on any atom is -0.474 e. The van der Waals surface area contributed by atoms with Gasteiger partial charge in [-0.1, -0.05) is 17.7 Å². The monoisotopic (exact) mass is 476 g/mol. The lowest BCUT2D eigenvalue weighted by atomic mass is 9.83. The Kier molecular flexibility index (Phi) is 6.12. The normalized spacial score (nSPS) is 17.8. The van der Waals surface area contributed by atoms with E-state index in [1.165, 1.54) is 0 Å². The molecular formula is C25H24N4O4S. The summed E-state index contributed by atoms with van der Waals surface area (Å²) in [4.78, 5) is 13.3. The van der Waals surface area contributed by atoms with Crippen molar-refractivity contribution in [1.82, 2.24) is 15.0 Å². The molecule has 9 heteroatoms. The van der Waals surface area contributed by atoms with Crippen LogP contribution in [0.25, 0.3) is 11.0 Å². The van der Waals surface area contributed by atoms with Crippen molar-refractivity contribution in [2.75, 3.05) is 11.9 Å². The molecule has 0 saturated heterocycles. The first kappa shape index (κ1) is 22.2. The standard InChI is InChI=1S/C25H24N4O4S/c1-17-4-6-21(7-5-17)34(30,31)32-16-18-13-20(14-18)33-25-15-19(10-12-27-25)28-24-9-8-22-23(29-24)3-2-11-26-22/h2-12,15,18,20H,13-14,16H2,1H3,(H,27,28,29)/t18-,20-. The van der Waals surface area contributed by atoms with Crippen LogP contribution < -0.4 is 10.1 Å². The fourth-order valence-electron chi connectivity index (χ4n) is 3.76. The summed E-state index contributed by atoms with van der Waals surface area (Å²) >= 11 is 0. The quantitative estimate of drug-likeness (QED) is 0.367. The van der Waals surface area contributed by atoms with E-state index >= 15 is 0 Å². The number of aryl methyl sites for hydroxylation is 1. The molecule has 1 N–H and O–H groups in total. The number of nitrogens with zero attached hydrogens (tertiary/aromatic N) is 3. The van der Waals surface area contributed by atoms with Gasteiger partial charge in [-0.15, -0.1) is 0 Å². The van der Waals surface area contributed by atoms with E-state index in [2.05, 4.69) is 20.3 Å². The van der Waals surface area contributed by atoms with E-state index in [9.17, 15) is 8.42 Å². The summed E-state index contributed by atoms with van der Waals surface area (Å²) in [6.07, 6.45) is 4.81. The Bertz CT molecular complexity index is 1400. The van der Waals surface area contributed by atoms with Crippen molar-refractivity contribution in [3.05, 3.63) is 78.6 Å². The lowest BCUT2D eigenvalue weighted by molar-refractivity contribution is 0.0369. The van der Waals surface area contributed by atoms with Crippen LogP contribution in [-0.4, -0.2) is 36.1 Å². The average molecular weight is 477 g/mol. The van der Waals surface area contributed by atoms with Crippen LogP contribution in [0.15, 0.2) is 78.0 Å². The number of fused-ring (bicyclic) bond motifs is 1. The third kappa shape index (κ3) is 5.16. The lowest BCUT2D eigenvalue weighted by Gasteiger charge is -2.34. The molecule has 3 aromatic heterocycles. The van der Waals surface area contributed by atoms with E-state index in [1.54, 1.807) is 36.7 Å². The molecule has 0 atom stereocenters. The molecule has 5 rings (SSSR count). The molecule has 0 amide bonds. The Labute approximate surface area is 198 Å². The van der Waals surface area contributed by atoms with Gasteiger partial charge in [-0.25, -0.2) is 9.97 Å². The van der Waals surface area contributed by atoms with Gasteiger partial charge in [0.25, 0.3) is 10.1 Å². The molecule has 0 radical (unpaired) electrons. The van der Waals surface area contributed by atoms with Crippen LogP contribution in [0, 0.1) is 12.8 Å². The van der Waals surface area contributed by atoms with Gasteiger partial charge in [-0.05, 0) is 68.1 Å². The zero-order valence-electron chi connectivity index (χ0n) is 18.6. The number of hydrogen-bond acceptors (Lipinski definition) is 8. The highest BCUT2D eigenvalue weighted by Gasteiger charge is 2.33. The maximum atomic E-state index is 12.3. The molecular weight excluding hydrogens is 452 g/mol. The van der Waals surface area contributed by atoms with Gasteiger partial charge < -0.3 is 10.1 Å². The number of aromatic nitrogens is 3. The Hall–Kier alpha value is -3.56. The second kappa shape index (κ2) is 9.36. The van der Waals surface area contributed by atoms with E-state index in [0.717, 1.165) is 22.3 Å². The Morgan fingerprint density at radius 3 is 2.62 bits per heavy atom. The summed E-state index contributed by atoms with van der Waals surface area (Å²) in [5, 5.41) is 3.26. The van der Waals surface area contributed by atoms with Gasteiger partial charge in [-0.2, -0.15) is 8.42 Å². The van der Waals surface area contributed by atoms with Gasteiger partial charge in [0, 0.05) is 24.1 Å². The van der Waals surface area contributed by atoms with Crippen LogP contribution in [0.3, 0.4) is 0 Å². The number of hydrogen-bond donors (Lipinski definition) is 1. The maximum absolute atomic E-state index is 12.3. The fourth-order valence-corrected chi connectivity index (χ4v) is 4.74. The highest BCUT2D eigenvalue weighted by atomic mass is 32.2. The summed E-state index contributed by atoms with van der Waals surface area (Å²) in [6.45, 7) is 2.05. The zero-order chi connectivity index (χ0) is 23.5. The molecule has 0 spiro atoms. The Morgan fingerprint density at radius 2 is 1.79 bits per heavy atom. The maximum Gasteiger partial charge on any atom is 0.296 e. The van der Waals surface area contributed by atoms with Crippen LogP contribution in [0.4, 0.5) is 11.5 Å². The third-order valence-electron chi connectivity index (χ3n) is 5.71. The number of nitrogens with one attached hydrogen (secondary N) is 1. The predicted molar refractivity (Wildman–Crippen MR) is 129 cm³/mol. The molecule has 1 aliphatic carbocycles. The van der Waals surface area contributed by atoms with Crippen molar-refractivity contribution in [2.24, 2.45) is 5.92 Å². The van der Waals surface area contributed by atoms with Gasteiger partial charge in [0.05, 0.1) is 22.5 Å². The van der Waals surface area contributed by atoms with Gasteiger partial charge in [0.15, 0.2) is 0 Å². The molecule has 1 saturated carbocycles. The van der Waals surface area contributed by atoms with Crippen LogP contribution in [0.2, 0.25) is 0 Å². The molecule has 0 unspecified atom stereocenters. The van der Waals surface area contributed by atoms with Crippen LogP contribution in [0.5, 0.6) is 5.88 Å². The second-order valence-electron chi connectivity index (χ2n) is 8.37. The summed E-state index contributed by atoms with van der Waals surface area (Å²) in [5.74, 6) is 1.33. The van der Waals surface area contributed by atoms with Gasteiger partial charge >= 0.3 is 0 Å². The van der Waals surface area contributed by atoms with Gasteiger partial charge in [0.2, 0.25) is 5.88 Å². The Morgan fingerprint density at radius 1 is 0.971 bits per heavy atom. The smallest absolute Gasteiger partial charge is 0.296 e. The number of ether oxygens (including phenoxy) is 1. The number of anilines is 2. The van der Waals surface area contributed by atoms with Crippen molar-refractivity contribution < 1.29 is 17.3 Å². The van der Waals surface area contributed by atoms with E-state index < -0.39 is 10.1 Å². The highest BCUT2D eigenvalue weighted by Crippen LogP contribution is 2.32. The van der Waals surface area contributed by atoms with Gasteiger partial charge in [0.1, 0.15) is 11.9 Å². The number of pyridine rings is 3. The first-order valence-corrected chi connectivity index (χ1v) is 12.4. The van der Waals surface area contributed by atoms with Crippen molar-refractivity contribution in [3.63, 3.8) is 0 Å². The molecule has 1 aromatic carbocycles. The minimum atomic E-state index is -3.75. The third-order valence-corrected chi connectivity index (χ3v) is 7.01. The summed E-state index contributed by atoms with van der Waals surface area (Å²) in [5.41, 5.74) is 3.45. The van der Waals surface area contributed by atoms with E-state index in [4.69, 9.17) is 8.92 Å². The molecule has 8 nitrogen and oxygen atoms in total. The van der Waals surface area contributed by atoms with Crippen molar-refractivity contribution in [3.8, 4) is 5.88 Å². The zero-order valence-corrected chi connectivity index (χ0v) is 19.4. The molecule has 0 aliphatic heterocycles. The average Bonchev–Trinajstić information content (AvgIpc) is 2.81. The summed E-state index contributed by atoms with van der Waals surface area (Å²) in [6, 6.07) is 17.9. The highest BCUT2D eigenvalue weighted by molar-refractivity contribution is 7.86. The predicted octanol–water partition coefficient (Wildman–Crippen LogP) is 4.64. The largest absolute Gasteiger partial charge is 0.474 e. The topological polar surface area (TPSA) is 103 Å². The van der Waals surface area contributed by atoms with Crippen molar-refractivity contribution >= 4 is 32.7 Å². The molecule has 34 heavy (non-hydrogen) atoms. The van der Waals surface area contributed by atoms with Gasteiger partial charge in [-0.3, -0.25) is 9.17 Å². The molecule has 0 bridgehead atoms. The van der Waals surface area contributed by atoms with Crippen molar-refractivity contribution in [2.45, 2.75) is 30.8 Å². The Balaban J connectivity index is 1.13. The van der Waals surface area contributed by atoms with E-state index in [1.807, 2.05) is 43.3 Å². The fraction of sp³-hybridized carbons (Fsp3) is 0.240. The summed E-state index contributed by atoms with van der Waals surface area (Å²) in [7, 11) is -3.75.